The number of carbonyl (C=O) groups is 2. The first-order valence-electron chi connectivity index (χ1n) is 11.8. The third-order valence-corrected chi connectivity index (χ3v) is 6.05. The number of hydrogen-bond acceptors (Lipinski definition) is 6. The molecule has 10 nitrogen and oxygen atoms in total. The van der Waals surface area contributed by atoms with Gasteiger partial charge in [-0.1, -0.05) is 32.9 Å². The fraction of sp³-hybridized carbons (Fsp3) is 0.400. The Kier molecular flexibility index (Phi) is 5.98. The van der Waals surface area contributed by atoms with Gasteiger partial charge in [0, 0.05) is 37.7 Å². The molecule has 0 atom stereocenters. The van der Waals surface area contributed by atoms with Gasteiger partial charge in [0.25, 0.3) is 11.8 Å². The zero-order valence-electron chi connectivity index (χ0n) is 20.2. The molecule has 0 aliphatic carbocycles. The molecule has 10 heteroatoms. The number of fused-ring (bicyclic) bond motifs is 2. The van der Waals surface area contributed by atoms with Crippen molar-refractivity contribution >= 4 is 28.5 Å². The Hall–Kier alpha value is -3.79. The predicted octanol–water partition coefficient (Wildman–Crippen LogP) is 2.35. The minimum absolute atomic E-state index is 0.139. The van der Waals surface area contributed by atoms with Crippen LogP contribution in [0.25, 0.3) is 16.7 Å². The number of morpholine rings is 1. The molecule has 1 saturated heterocycles. The molecule has 1 aliphatic rings. The molecular formula is C25H29N7O3. The largest absolute Gasteiger partial charge is 0.378 e. The van der Waals surface area contributed by atoms with Gasteiger partial charge in [0.1, 0.15) is 11.6 Å². The van der Waals surface area contributed by atoms with Crippen molar-refractivity contribution in [3.05, 3.63) is 59.3 Å². The number of imidazole rings is 1. The Bertz CT molecular complexity index is 1360. The summed E-state index contributed by atoms with van der Waals surface area (Å²) in [5.41, 5.74) is 2.69. The van der Waals surface area contributed by atoms with Crippen LogP contribution < -0.4 is 5.32 Å². The van der Waals surface area contributed by atoms with E-state index < -0.39 is 0 Å². The van der Waals surface area contributed by atoms with Gasteiger partial charge in [0.05, 0.1) is 35.4 Å². The molecule has 2 amide bonds. The summed E-state index contributed by atoms with van der Waals surface area (Å²) in [7, 11) is 0. The SMILES string of the molecule is CC(C)(C)c1nnc2c(C(=O)NCCc3nc4ccccc4[nH]3)cc(C(=O)N3CCOCC3)cn12. The Morgan fingerprint density at radius 1 is 1.14 bits per heavy atom. The quantitative estimate of drug-likeness (QED) is 0.458. The normalized spacial score (nSPS) is 14.5. The predicted molar refractivity (Wildman–Crippen MR) is 131 cm³/mol. The van der Waals surface area contributed by atoms with Gasteiger partial charge in [-0.05, 0) is 18.2 Å². The number of H-pyrrole nitrogens is 1. The second-order valence-corrected chi connectivity index (χ2v) is 9.72. The molecule has 1 fully saturated rings. The zero-order valence-corrected chi connectivity index (χ0v) is 20.2. The molecule has 3 aromatic heterocycles. The molecule has 0 bridgehead atoms. The molecular weight excluding hydrogens is 446 g/mol. The van der Waals surface area contributed by atoms with Crippen molar-refractivity contribution in [3.63, 3.8) is 0 Å². The van der Waals surface area contributed by atoms with Crippen LogP contribution in [0.15, 0.2) is 36.5 Å². The zero-order chi connectivity index (χ0) is 24.6. The van der Waals surface area contributed by atoms with Gasteiger partial charge in [-0.3, -0.25) is 14.0 Å². The molecule has 1 aliphatic heterocycles. The molecule has 0 spiro atoms. The highest BCUT2D eigenvalue weighted by molar-refractivity contribution is 6.03. The van der Waals surface area contributed by atoms with Crippen molar-refractivity contribution < 1.29 is 14.3 Å². The summed E-state index contributed by atoms with van der Waals surface area (Å²) >= 11 is 0. The summed E-state index contributed by atoms with van der Waals surface area (Å²) < 4.78 is 7.14. The van der Waals surface area contributed by atoms with Gasteiger partial charge in [-0.15, -0.1) is 10.2 Å². The van der Waals surface area contributed by atoms with E-state index in [0.29, 0.717) is 61.9 Å². The van der Waals surface area contributed by atoms with Crippen LogP contribution in [0.3, 0.4) is 0 Å². The van der Waals surface area contributed by atoms with E-state index in [1.807, 2.05) is 45.0 Å². The van der Waals surface area contributed by atoms with Gasteiger partial charge in [-0.2, -0.15) is 0 Å². The highest BCUT2D eigenvalue weighted by Crippen LogP contribution is 2.24. The monoisotopic (exact) mass is 475 g/mol. The summed E-state index contributed by atoms with van der Waals surface area (Å²) in [6, 6.07) is 9.42. The van der Waals surface area contributed by atoms with Crippen LogP contribution in [0.1, 0.15) is 53.1 Å². The molecule has 0 saturated carbocycles. The standard InChI is InChI=1S/C25H29N7O3/c1-25(2,3)24-30-29-21-17(14-16(15-32(21)24)23(34)31-10-12-35-13-11-31)22(33)26-9-8-20-27-18-6-4-5-7-19(18)28-20/h4-7,14-15H,8-13H2,1-3H3,(H,26,33)(H,27,28). The van der Waals surface area contributed by atoms with Gasteiger partial charge in [0.2, 0.25) is 0 Å². The molecule has 35 heavy (non-hydrogen) atoms. The van der Waals surface area contributed by atoms with Crippen LogP contribution in [0.4, 0.5) is 0 Å². The van der Waals surface area contributed by atoms with E-state index in [1.165, 1.54) is 0 Å². The number of rotatable bonds is 5. The smallest absolute Gasteiger partial charge is 0.255 e. The molecule has 4 heterocycles. The average Bonchev–Trinajstić information content (AvgIpc) is 3.47. The maximum atomic E-state index is 13.3. The van der Waals surface area contributed by atoms with E-state index in [4.69, 9.17) is 4.74 Å². The lowest BCUT2D eigenvalue weighted by Gasteiger charge is -2.27. The minimum Gasteiger partial charge on any atom is -0.378 e. The number of benzene rings is 1. The highest BCUT2D eigenvalue weighted by atomic mass is 16.5. The number of aromatic nitrogens is 5. The van der Waals surface area contributed by atoms with Crippen LogP contribution in [0, 0.1) is 0 Å². The van der Waals surface area contributed by atoms with Crippen molar-refractivity contribution in [1.29, 1.82) is 0 Å². The summed E-state index contributed by atoms with van der Waals surface area (Å²) in [6.45, 7) is 8.49. The Morgan fingerprint density at radius 2 is 1.91 bits per heavy atom. The minimum atomic E-state index is -0.324. The first-order chi connectivity index (χ1) is 16.8. The molecule has 1 aromatic carbocycles. The van der Waals surface area contributed by atoms with Crippen LogP contribution in [0.2, 0.25) is 0 Å². The number of hydrogen-bond donors (Lipinski definition) is 2. The van der Waals surface area contributed by atoms with Crippen molar-refractivity contribution in [2.75, 3.05) is 32.8 Å². The number of nitrogens with one attached hydrogen (secondary N) is 2. The first kappa shape index (κ1) is 23.0. The fourth-order valence-electron chi connectivity index (χ4n) is 4.25. The summed E-state index contributed by atoms with van der Waals surface area (Å²) in [5.74, 6) is 1.03. The molecule has 0 radical (unpaired) electrons. The van der Waals surface area contributed by atoms with Gasteiger partial charge >= 0.3 is 0 Å². The van der Waals surface area contributed by atoms with Crippen LogP contribution in [0.5, 0.6) is 0 Å². The van der Waals surface area contributed by atoms with Gasteiger partial charge in [0.15, 0.2) is 5.65 Å². The Labute approximate surface area is 202 Å². The summed E-state index contributed by atoms with van der Waals surface area (Å²) in [6.07, 6.45) is 2.28. The molecule has 182 valence electrons. The topological polar surface area (TPSA) is 118 Å². The van der Waals surface area contributed by atoms with Crippen molar-refractivity contribution in [3.8, 4) is 0 Å². The third kappa shape index (κ3) is 4.61. The number of pyridine rings is 1. The fourth-order valence-corrected chi connectivity index (χ4v) is 4.25. The van der Waals surface area contributed by atoms with Crippen LogP contribution in [-0.4, -0.2) is 74.1 Å². The lowest BCUT2D eigenvalue weighted by atomic mass is 9.96. The Morgan fingerprint density at radius 3 is 2.66 bits per heavy atom. The number of amides is 2. The van der Waals surface area contributed by atoms with E-state index in [-0.39, 0.29) is 17.2 Å². The maximum absolute atomic E-state index is 13.3. The van der Waals surface area contributed by atoms with E-state index in [9.17, 15) is 9.59 Å². The second kappa shape index (κ2) is 9.10. The highest BCUT2D eigenvalue weighted by Gasteiger charge is 2.27. The van der Waals surface area contributed by atoms with Crippen LogP contribution in [-0.2, 0) is 16.6 Å². The average molecular weight is 476 g/mol. The Balaban J connectivity index is 1.42. The van der Waals surface area contributed by atoms with E-state index in [1.54, 1.807) is 21.6 Å². The number of aromatic amines is 1. The lowest BCUT2D eigenvalue weighted by molar-refractivity contribution is 0.0302. The second-order valence-electron chi connectivity index (χ2n) is 9.72. The molecule has 4 aromatic rings. The molecule has 2 N–H and O–H groups in total. The van der Waals surface area contributed by atoms with Gasteiger partial charge in [-0.25, -0.2) is 4.98 Å². The number of para-hydroxylation sites is 2. The summed E-state index contributed by atoms with van der Waals surface area (Å²) in [4.78, 5) is 36.1. The van der Waals surface area contributed by atoms with Gasteiger partial charge < -0.3 is 19.9 Å². The maximum Gasteiger partial charge on any atom is 0.255 e. The van der Waals surface area contributed by atoms with Crippen LogP contribution >= 0.6 is 0 Å². The van der Waals surface area contributed by atoms with E-state index >= 15 is 0 Å². The van der Waals surface area contributed by atoms with E-state index in [0.717, 1.165) is 16.9 Å². The number of carbonyl (C=O) groups excluding carboxylic acids is 2. The lowest BCUT2D eigenvalue weighted by Crippen LogP contribution is -2.41. The first-order valence-corrected chi connectivity index (χ1v) is 11.8. The van der Waals surface area contributed by atoms with Crippen molar-refractivity contribution in [1.82, 2.24) is 34.8 Å². The third-order valence-electron chi connectivity index (χ3n) is 6.05. The molecule has 5 rings (SSSR count). The van der Waals surface area contributed by atoms with E-state index in [2.05, 4.69) is 25.5 Å². The van der Waals surface area contributed by atoms with Crippen molar-refractivity contribution in [2.45, 2.75) is 32.6 Å². The number of nitrogens with zero attached hydrogens (tertiary/aromatic N) is 5. The summed E-state index contributed by atoms with van der Waals surface area (Å²) in [5, 5.41) is 11.6. The number of ether oxygens (including phenoxy) is 1. The van der Waals surface area contributed by atoms with Crippen molar-refractivity contribution in [2.24, 2.45) is 0 Å². The molecule has 0 unspecified atom stereocenters.